The van der Waals surface area contributed by atoms with Gasteiger partial charge in [0.2, 0.25) is 0 Å². The summed E-state index contributed by atoms with van der Waals surface area (Å²) in [4.78, 5) is 0. The molecule has 0 saturated heterocycles. The van der Waals surface area contributed by atoms with E-state index in [-0.39, 0.29) is 12.6 Å². The summed E-state index contributed by atoms with van der Waals surface area (Å²) in [6.07, 6.45) is 0.300. The van der Waals surface area contributed by atoms with E-state index in [1.54, 1.807) is 7.11 Å². The fraction of sp³-hybridized carbons (Fsp3) is 0.455. The maximum Gasteiger partial charge on any atom is 0.119 e. The van der Waals surface area contributed by atoms with Crippen molar-refractivity contribution in [1.29, 1.82) is 0 Å². The molecule has 2 unspecified atom stereocenters. The van der Waals surface area contributed by atoms with Gasteiger partial charge in [-0.05, 0) is 30.2 Å². The third kappa shape index (κ3) is 1.91. The van der Waals surface area contributed by atoms with E-state index in [2.05, 4.69) is 5.32 Å². The Hall–Kier alpha value is -1.26. The second-order valence-corrected chi connectivity index (χ2v) is 3.78. The van der Waals surface area contributed by atoms with Gasteiger partial charge in [0.05, 0.1) is 19.3 Å². The van der Waals surface area contributed by atoms with Crippen molar-refractivity contribution in [2.24, 2.45) is 5.73 Å². The highest BCUT2D eigenvalue weighted by Gasteiger charge is 2.26. The molecule has 2 atom stereocenters. The predicted molar refractivity (Wildman–Crippen MR) is 59.2 cm³/mol. The summed E-state index contributed by atoms with van der Waals surface area (Å²) in [6.45, 7) is 0.281. The van der Waals surface area contributed by atoms with Gasteiger partial charge in [-0.25, -0.2) is 0 Å². The molecule has 1 heterocycles. The minimum absolute atomic E-state index is 0.0251. The average Bonchev–Trinajstić information content (AvgIpc) is 2.70. The molecule has 2 rings (SSSR count). The van der Waals surface area contributed by atoms with Crippen LogP contribution in [0.15, 0.2) is 18.2 Å². The quantitative estimate of drug-likeness (QED) is 0.670. The van der Waals surface area contributed by atoms with E-state index < -0.39 is 6.10 Å². The summed E-state index contributed by atoms with van der Waals surface area (Å²) in [5, 5.41) is 12.9. The van der Waals surface area contributed by atoms with E-state index in [4.69, 9.17) is 10.5 Å². The fourth-order valence-electron chi connectivity index (χ4n) is 1.89. The summed E-state index contributed by atoms with van der Waals surface area (Å²) >= 11 is 0. The largest absolute Gasteiger partial charge is 0.497 e. The molecular formula is C11H16N2O2. The number of anilines is 1. The number of aliphatic hydroxyl groups excluding tert-OH is 1. The summed E-state index contributed by atoms with van der Waals surface area (Å²) in [6, 6.07) is 5.89. The normalized spacial score (nSPS) is 20.6. The topological polar surface area (TPSA) is 67.5 Å². The molecule has 0 saturated carbocycles. The second kappa shape index (κ2) is 4.08. The Labute approximate surface area is 89.0 Å². The van der Waals surface area contributed by atoms with E-state index in [1.165, 1.54) is 5.56 Å². The molecule has 4 heteroatoms. The van der Waals surface area contributed by atoms with E-state index in [0.717, 1.165) is 17.9 Å². The van der Waals surface area contributed by atoms with Gasteiger partial charge in [-0.3, -0.25) is 0 Å². The Morgan fingerprint density at radius 3 is 3.13 bits per heavy atom. The summed E-state index contributed by atoms with van der Waals surface area (Å²) in [5.41, 5.74) is 7.66. The number of hydrogen-bond acceptors (Lipinski definition) is 4. The van der Waals surface area contributed by atoms with Gasteiger partial charge in [-0.15, -0.1) is 0 Å². The zero-order valence-corrected chi connectivity index (χ0v) is 8.73. The van der Waals surface area contributed by atoms with Crippen molar-refractivity contribution in [3.8, 4) is 5.75 Å². The maximum absolute atomic E-state index is 9.64. The summed E-state index contributed by atoms with van der Waals surface area (Å²) in [5.74, 6) is 0.846. The van der Waals surface area contributed by atoms with Crippen LogP contribution in [0.25, 0.3) is 0 Å². The first kappa shape index (κ1) is 10.3. The molecule has 0 bridgehead atoms. The minimum atomic E-state index is -0.497. The SMILES string of the molecule is COc1ccc2c(c1)CC(C(O)CN)N2. The Bertz CT molecular complexity index is 354. The van der Waals surface area contributed by atoms with E-state index >= 15 is 0 Å². The molecule has 4 nitrogen and oxygen atoms in total. The van der Waals surface area contributed by atoms with Crippen LogP contribution in [0, 0.1) is 0 Å². The molecule has 0 spiro atoms. The van der Waals surface area contributed by atoms with Crippen molar-refractivity contribution in [2.45, 2.75) is 18.6 Å². The van der Waals surface area contributed by atoms with Crippen LogP contribution in [0.1, 0.15) is 5.56 Å². The number of methoxy groups -OCH3 is 1. The number of ether oxygens (including phenoxy) is 1. The van der Waals surface area contributed by atoms with Crippen molar-refractivity contribution in [2.75, 3.05) is 19.0 Å². The molecule has 1 aliphatic heterocycles. The Balaban J connectivity index is 2.16. The van der Waals surface area contributed by atoms with Crippen LogP contribution in [0.5, 0.6) is 5.75 Å². The van der Waals surface area contributed by atoms with Crippen molar-refractivity contribution < 1.29 is 9.84 Å². The molecule has 1 aromatic rings. The van der Waals surface area contributed by atoms with Crippen molar-refractivity contribution in [3.05, 3.63) is 23.8 Å². The Morgan fingerprint density at radius 2 is 2.47 bits per heavy atom. The summed E-state index contributed by atoms with van der Waals surface area (Å²) < 4.78 is 5.15. The van der Waals surface area contributed by atoms with Gasteiger partial charge in [0.15, 0.2) is 0 Å². The Morgan fingerprint density at radius 1 is 1.67 bits per heavy atom. The van der Waals surface area contributed by atoms with Crippen LogP contribution in [-0.4, -0.2) is 30.9 Å². The van der Waals surface area contributed by atoms with Crippen molar-refractivity contribution in [3.63, 3.8) is 0 Å². The number of hydrogen-bond donors (Lipinski definition) is 3. The van der Waals surface area contributed by atoms with Gasteiger partial charge in [0, 0.05) is 12.2 Å². The predicted octanol–water partition coefficient (Wildman–Crippen LogP) is 0.351. The molecule has 82 valence electrons. The van der Waals surface area contributed by atoms with Gasteiger partial charge in [0.1, 0.15) is 5.75 Å². The molecule has 0 aliphatic carbocycles. The zero-order chi connectivity index (χ0) is 10.8. The standard InChI is InChI=1S/C11H16N2O2/c1-15-8-2-3-9-7(4-8)5-10(13-9)11(14)6-12/h2-4,10-11,13-14H,5-6,12H2,1H3. The molecule has 0 aromatic heterocycles. The van der Waals surface area contributed by atoms with Gasteiger partial charge >= 0.3 is 0 Å². The number of fused-ring (bicyclic) bond motifs is 1. The second-order valence-electron chi connectivity index (χ2n) is 3.78. The van der Waals surface area contributed by atoms with Gasteiger partial charge < -0.3 is 20.9 Å². The lowest BCUT2D eigenvalue weighted by molar-refractivity contribution is 0.162. The highest BCUT2D eigenvalue weighted by molar-refractivity contribution is 5.59. The average molecular weight is 208 g/mol. The molecule has 1 aliphatic rings. The third-order valence-electron chi connectivity index (χ3n) is 2.80. The van der Waals surface area contributed by atoms with Crippen molar-refractivity contribution >= 4 is 5.69 Å². The number of nitrogens with one attached hydrogen (secondary N) is 1. The van der Waals surface area contributed by atoms with Crippen molar-refractivity contribution in [1.82, 2.24) is 0 Å². The molecular weight excluding hydrogens is 192 g/mol. The first-order valence-electron chi connectivity index (χ1n) is 5.06. The minimum Gasteiger partial charge on any atom is -0.497 e. The van der Waals surface area contributed by atoms with E-state index in [9.17, 15) is 5.11 Å². The fourth-order valence-corrected chi connectivity index (χ4v) is 1.89. The smallest absolute Gasteiger partial charge is 0.119 e. The van der Waals surface area contributed by atoms with E-state index in [0.29, 0.717) is 0 Å². The first-order valence-corrected chi connectivity index (χ1v) is 5.06. The number of rotatable bonds is 3. The lowest BCUT2D eigenvalue weighted by Crippen LogP contribution is -2.37. The number of aliphatic hydroxyl groups is 1. The van der Waals surface area contributed by atoms with Gasteiger partial charge in [-0.2, -0.15) is 0 Å². The zero-order valence-electron chi connectivity index (χ0n) is 8.73. The van der Waals surface area contributed by atoms with Crippen LogP contribution in [0.2, 0.25) is 0 Å². The number of nitrogens with two attached hydrogens (primary N) is 1. The molecule has 0 fully saturated rings. The van der Waals surface area contributed by atoms with Gasteiger partial charge in [-0.1, -0.05) is 0 Å². The highest BCUT2D eigenvalue weighted by atomic mass is 16.5. The monoisotopic (exact) mass is 208 g/mol. The molecule has 0 amide bonds. The first-order chi connectivity index (χ1) is 7.24. The van der Waals surface area contributed by atoms with Crippen LogP contribution in [0.4, 0.5) is 5.69 Å². The lowest BCUT2D eigenvalue weighted by Gasteiger charge is -2.16. The van der Waals surface area contributed by atoms with E-state index in [1.807, 2.05) is 18.2 Å². The van der Waals surface area contributed by atoms with Crippen LogP contribution >= 0.6 is 0 Å². The third-order valence-corrected chi connectivity index (χ3v) is 2.80. The number of benzene rings is 1. The maximum atomic E-state index is 9.64. The lowest BCUT2D eigenvalue weighted by atomic mass is 10.1. The van der Waals surface area contributed by atoms with Crippen LogP contribution in [-0.2, 0) is 6.42 Å². The van der Waals surface area contributed by atoms with Crippen LogP contribution < -0.4 is 15.8 Å². The highest BCUT2D eigenvalue weighted by Crippen LogP contribution is 2.30. The Kier molecular flexibility index (Phi) is 2.79. The summed E-state index contributed by atoms with van der Waals surface area (Å²) in [7, 11) is 1.65. The molecule has 15 heavy (non-hydrogen) atoms. The van der Waals surface area contributed by atoms with Gasteiger partial charge in [0.25, 0.3) is 0 Å². The molecule has 0 radical (unpaired) electrons. The van der Waals surface area contributed by atoms with Crippen LogP contribution in [0.3, 0.4) is 0 Å². The molecule has 4 N–H and O–H groups in total. The molecule has 1 aromatic carbocycles.